The van der Waals surface area contributed by atoms with E-state index in [-0.39, 0.29) is 23.0 Å². The molecule has 0 saturated carbocycles. The highest BCUT2D eigenvalue weighted by atomic mass is 19.4. The van der Waals surface area contributed by atoms with Crippen LogP contribution in [0, 0.1) is 6.92 Å². The number of benzene rings is 2. The third-order valence-electron chi connectivity index (χ3n) is 6.19. The van der Waals surface area contributed by atoms with Crippen molar-refractivity contribution in [2.75, 3.05) is 0 Å². The van der Waals surface area contributed by atoms with Gasteiger partial charge in [-0.3, -0.25) is 19.3 Å². The number of alkyl halides is 3. The van der Waals surface area contributed by atoms with E-state index in [2.05, 4.69) is 15.0 Å². The predicted octanol–water partition coefficient (Wildman–Crippen LogP) is 6.58. The van der Waals surface area contributed by atoms with Gasteiger partial charge in [0.1, 0.15) is 5.52 Å². The zero-order chi connectivity index (χ0) is 25.7. The molecule has 0 aliphatic rings. The number of aryl methyl sites for hydroxylation is 1. The van der Waals surface area contributed by atoms with Gasteiger partial charge in [-0.2, -0.15) is 18.2 Å². The maximum atomic E-state index is 13.3. The maximum Gasteiger partial charge on any atom is 0.416 e. The first-order valence-electron chi connectivity index (χ1n) is 11.3. The van der Waals surface area contributed by atoms with Crippen molar-refractivity contribution in [1.82, 2.24) is 19.5 Å². The van der Waals surface area contributed by atoms with Crippen molar-refractivity contribution < 1.29 is 17.6 Å². The summed E-state index contributed by atoms with van der Waals surface area (Å²) >= 11 is 0. The molecule has 4 aromatic heterocycles. The minimum Gasteiger partial charge on any atom is -0.434 e. The van der Waals surface area contributed by atoms with E-state index in [1.165, 1.54) is 22.9 Å². The Balaban J connectivity index is 1.57. The SMILES string of the molecule is Cc1nccc2cc(-c3nc(-n4ccc5cccnc5c4=O)c(-c4ccc(C(F)(F)F)cc4)o3)ccc12. The fourth-order valence-electron chi connectivity index (χ4n) is 4.29. The van der Waals surface area contributed by atoms with Crippen molar-refractivity contribution in [3.05, 3.63) is 107 Å². The highest BCUT2D eigenvalue weighted by Gasteiger charge is 2.30. The van der Waals surface area contributed by atoms with Gasteiger partial charge in [-0.15, -0.1) is 0 Å². The van der Waals surface area contributed by atoms with E-state index in [1.54, 1.807) is 30.6 Å². The molecule has 37 heavy (non-hydrogen) atoms. The van der Waals surface area contributed by atoms with Crippen LogP contribution in [0.15, 0.2) is 94.5 Å². The zero-order valence-electron chi connectivity index (χ0n) is 19.3. The van der Waals surface area contributed by atoms with E-state index in [0.29, 0.717) is 16.5 Å². The molecule has 0 amide bonds. The van der Waals surface area contributed by atoms with Crippen LogP contribution in [-0.4, -0.2) is 19.5 Å². The second-order valence-electron chi connectivity index (χ2n) is 8.51. The van der Waals surface area contributed by atoms with Crippen LogP contribution in [-0.2, 0) is 6.18 Å². The van der Waals surface area contributed by atoms with Gasteiger partial charge in [0.2, 0.25) is 5.89 Å². The van der Waals surface area contributed by atoms with Gasteiger partial charge in [-0.25, -0.2) is 0 Å². The second kappa shape index (κ2) is 8.41. The summed E-state index contributed by atoms with van der Waals surface area (Å²) in [5, 5.41) is 2.55. The minimum atomic E-state index is -4.48. The molecule has 6 aromatic rings. The average molecular weight is 498 g/mol. The summed E-state index contributed by atoms with van der Waals surface area (Å²) in [4.78, 5) is 26.4. The summed E-state index contributed by atoms with van der Waals surface area (Å²) in [6.45, 7) is 1.91. The van der Waals surface area contributed by atoms with Gasteiger partial charge in [0, 0.05) is 46.2 Å². The Hall–Kier alpha value is -4.79. The Morgan fingerprint density at radius 2 is 1.65 bits per heavy atom. The maximum absolute atomic E-state index is 13.3. The molecule has 0 radical (unpaired) electrons. The van der Waals surface area contributed by atoms with Crippen LogP contribution in [0.2, 0.25) is 0 Å². The summed E-state index contributed by atoms with van der Waals surface area (Å²) < 4.78 is 46.9. The number of aromatic nitrogens is 4. The van der Waals surface area contributed by atoms with Gasteiger partial charge in [0.25, 0.3) is 5.56 Å². The third kappa shape index (κ3) is 3.94. The van der Waals surface area contributed by atoms with Crippen molar-refractivity contribution in [1.29, 1.82) is 0 Å². The average Bonchev–Trinajstić information content (AvgIpc) is 3.34. The largest absolute Gasteiger partial charge is 0.434 e. The fourth-order valence-corrected chi connectivity index (χ4v) is 4.29. The number of rotatable bonds is 3. The third-order valence-corrected chi connectivity index (χ3v) is 6.19. The van der Waals surface area contributed by atoms with Crippen LogP contribution >= 0.6 is 0 Å². The molecule has 0 saturated heterocycles. The Labute approximate surface area is 207 Å². The Morgan fingerprint density at radius 3 is 2.43 bits per heavy atom. The predicted molar refractivity (Wildman–Crippen MR) is 133 cm³/mol. The molecule has 6 rings (SSSR count). The summed E-state index contributed by atoms with van der Waals surface area (Å²) in [6, 6.07) is 17.3. The molecule has 0 N–H and O–H groups in total. The molecule has 0 unspecified atom stereocenters. The molecule has 0 aliphatic heterocycles. The minimum absolute atomic E-state index is 0.151. The summed E-state index contributed by atoms with van der Waals surface area (Å²) in [5.41, 5.74) is 0.883. The highest BCUT2D eigenvalue weighted by Crippen LogP contribution is 2.35. The lowest BCUT2D eigenvalue weighted by Crippen LogP contribution is -2.19. The number of hydrogen-bond donors (Lipinski definition) is 0. The number of fused-ring (bicyclic) bond motifs is 2. The number of nitrogens with zero attached hydrogens (tertiary/aromatic N) is 4. The molecule has 0 atom stereocenters. The van der Waals surface area contributed by atoms with Crippen LogP contribution in [0.5, 0.6) is 0 Å². The van der Waals surface area contributed by atoms with Crippen LogP contribution in [0.25, 0.3) is 50.3 Å². The molecule has 0 aliphatic carbocycles. The first-order valence-corrected chi connectivity index (χ1v) is 11.3. The summed E-state index contributed by atoms with van der Waals surface area (Å²) in [7, 11) is 0. The highest BCUT2D eigenvalue weighted by molar-refractivity contribution is 5.88. The van der Waals surface area contributed by atoms with E-state index in [4.69, 9.17) is 4.42 Å². The van der Waals surface area contributed by atoms with E-state index in [9.17, 15) is 18.0 Å². The van der Waals surface area contributed by atoms with Gasteiger partial charge in [-0.1, -0.05) is 24.3 Å². The number of halogens is 3. The zero-order valence-corrected chi connectivity index (χ0v) is 19.3. The number of hydrogen-bond acceptors (Lipinski definition) is 5. The van der Waals surface area contributed by atoms with Crippen LogP contribution in [0.4, 0.5) is 13.2 Å². The molecule has 9 heteroatoms. The topological polar surface area (TPSA) is 73.8 Å². The normalized spacial score (nSPS) is 11.9. The van der Waals surface area contributed by atoms with E-state index >= 15 is 0 Å². The summed E-state index contributed by atoms with van der Waals surface area (Å²) in [5.74, 6) is 0.528. The first-order chi connectivity index (χ1) is 17.8. The number of oxazole rings is 1. The Bertz CT molecular complexity index is 1850. The van der Waals surface area contributed by atoms with Gasteiger partial charge in [-0.05, 0) is 54.8 Å². The second-order valence-corrected chi connectivity index (χ2v) is 8.51. The summed E-state index contributed by atoms with van der Waals surface area (Å²) in [6.07, 6.45) is 0.298. The van der Waals surface area contributed by atoms with E-state index in [1.807, 2.05) is 31.2 Å². The molecule has 182 valence electrons. The standard InChI is InChI=1S/C28H17F3N4O2/c1-16-22-9-6-20(15-19(22)10-13-32-16)26-34-25(35-14-11-17-3-2-12-33-23(17)27(35)36)24(37-26)18-4-7-21(8-5-18)28(29,30)31/h2-15H,1H3. The molecular formula is C28H17F3N4O2. The quantitative estimate of drug-likeness (QED) is 0.275. The van der Waals surface area contributed by atoms with E-state index < -0.39 is 17.3 Å². The van der Waals surface area contributed by atoms with Crippen molar-refractivity contribution in [3.63, 3.8) is 0 Å². The van der Waals surface area contributed by atoms with Crippen molar-refractivity contribution in [2.45, 2.75) is 13.1 Å². The van der Waals surface area contributed by atoms with Gasteiger partial charge in [0.15, 0.2) is 11.6 Å². The molecule has 0 bridgehead atoms. The monoisotopic (exact) mass is 498 g/mol. The lowest BCUT2D eigenvalue weighted by atomic mass is 10.1. The lowest BCUT2D eigenvalue weighted by molar-refractivity contribution is -0.137. The van der Waals surface area contributed by atoms with Crippen molar-refractivity contribution in [2.24, 2.45) is 0 Å². The van der Waals surface area contributed by atoms with Gasteiger partial charge >= 0.3 is 6.18 Å². The molecular weight excluding hydrogens is 481 g/mol. The van der Waals surface area contributed by atoms with Crippen LogP contribution in [0.3, 0.4) is 0 Å². The van der Waals surface area contributed by atoms with Crippen LogP contribution in [0.1, 0.15) is 11.3 Å². The smallest absolute Gasteiger partial charge is 0.416 e. The molecule has 4 heterocycles. The van der Waals surface area contributed by atoms with Gasteiger partial charge < -0.3 is 4.42 Å². The lowest BCUT2D eigenvalue weighted by Gasteiger charge is -2.08. The van der Waals surface area contributed by atoms with Crippen molar-refractivity contribution >= 4 is 21.7 Å². The fraction of sp³-hybridized carbons (Fsp3) is 0.0714. The first kappa shape index (κ1) is 22.7. The van der Waals surface area contributed by atoms with E-state index in [0.717, 1.165) is 28.6 Å². The molecule has 0 spiro atoms. The van der Waals surface area contributed by atoms with Crippen LogP contribution < -0.4 is 5.56 Å². The van der Waals surface area contributed by atoms with Gasteiger partial charge in [0.05, 0.1) is 5.56 Å². The Morgan fingerprint density at radius 1 is 0.865 bits per heavy atom. The Kier molecular flexibility index (Phi) is 5.15. The number of pyridine rings is 3. The molecule has 6 nitrogen and oxygen atoms in total. The molecule has 2 aromatic carbocycles. The molecule has 0 fully saturated rings. The van der Waals surface area contributed by atoms with Crippen molar-refractivity contribution in [3.8, 4) is 28.6 Å².